The highest BCUT2D eigenvalue weighted by atomic mass is 32.1. The van der Waals surface area contributed by atoms with Gasteiger partial charge in [0.2, 0.25) is 0 Å². The van der Waals surface area contributed by atoms with Crippen LogP contribution < -0.4 is 5.32 Å². The van der Waals surface area contributed by atoms with E-state index >= 15 is 0 Å². The molecule has 7 nitrogen and oxygen atoms in total. The summed E-state index contributed by atoms with van der Waals surface area (Å²) in [7, 11) is 1.88. The molecule has 3 heterocycles. The second kappa shape index (κ2) is 7.10. The van der Waals surface area contributed by atoms with Crippen LogP contribution in [0.1, 0.15) is 23.7 Å². The zero-order chi connectivity index (χ0) is 16.2. The van der Waals surface area contributed by atoms with E-state index in [1.54, 1.807) is 17.7 Å². The standard InChI is InChI=1S/C15H22N6OS/c1-12(14-18-16-11-19(14)2)17-15(22)21-7-5-20(6-8-21)10-13-4-3-9-23-13/h3-4,9,11-12H,5-8,10H2,1-2H3,(H,17,22)/t12-/m0/s1. The van der Waals surface area contributed by atoms with E-state index in [1.165, 1.54) is 4.88 Å². The average molecular weight is 334 g/mol. The fourth-order valence-electron chi connectivity index (χ4n) is 2.76. The molecule has 0 aromatic carbocycles. The minimum absolute atomic E-state index is 0.0312. The Labute approximate surface area is 139 Å². The molecule has 8 heteroatoms. The van der Waals surface area contributed by atoms with Crippen LogP contribution in [0.4, 0.5) is 4.79 Å². The number of piperazine rings is 1. The van der Waals surface area contributed by atoms with Crippen LogP contribution in [0.2, 0.25) is 0 Å². The van der Waals surface area contributed by atoms with Crippen LogP contribution >= 0.6 is 11.3 Å². The van der Waals surface area contributed by atoms with Crippen molar-refractivity contribution in [3.63, 3.8) is 0 Å². The highest BCUT2D eigenvalue weighted by Crippen LogP contribution is 2.14. The van der Waals surface area contributed by atoms with Crippen molar-refractivity contribution in [2.45, 2.75) is 19.5 Å². The van der Waals surface area contributed by atoms with Gasteiger partial charge in [0, 0.05) is 44.6 Å². The minimum Gasteiger partial charge on any atom is -0.328 e. The molecule has 1 aliphatic heterocycles. The van der Waals surface area contributed by atoms with Gasteiger partial charge in [0.1, 0.15) is 6.33 Å². The lowest BCUT2D eigenvalue weighted by Gasteiger charge is -2.35. The first-order chi connectivity index (χ1) is 11.1. The number of aryl methyl sites for hydroxylation is 1. The van der Waals surface area contributed by atoms with E-state index in [0.29, 0.717) is 0 Å². The molecule has 1 N–H and O–H groups in total. The molecule has 124 valence electrons. The molecule has 0 bridgehead atoms. The van der Waals surface area contributed by atoms with Gasteiger partial charge in [0.15, 0.2) is 5.82 Å². The zero-order valence-corrected chi connectivity index (χ0v) is 14.3. The van der Waals surface area contributed by atoms with Gasteiger partial charge in [-0.3, -0.25) is 4.90 Å². The number of urea groups is 1. The predicted molar refractivity (Wildman–Crippen MR) is 89.1 cm³/mol. The number of nitrogens with zero attached hydrogens (tertiary/aromatic N) is 5. The molecule has 1 aliphatic rings. The van der Waals surface area contributed by atoms with Crippen LogP contribution in [-0.2, 0) is 13.6 Å². The van der Waals surface area contributed by atoms with Crippen molar-refractivity contribution in [2.75, 3.05) is 26.2 Å². The van der Waals surface area contributed by atoms with Gasteiger partial charge in [0.25, 0.3) is 0 Å². The largest absolute Gasteiger partial charge is 0.328 e. The molecule has 23 heavy (non-hydrogen) atoms. The van der Waals surface area contributed by atoms with Gasteiger partial charge in [-0.25, -0.2) is 4.79 Å². The van der Waals surface area contributed by atoms with Crippen molar-refractivity contribution in [2.24, 2.45) is 7.05 Å². The highest BCUT2D eigenvalue weighted by Gasteiger charge is 2.23. The fourth-order valence-corrected chi connectivity index (χ4v) is 3.50. The summed E-state index contributed by atoms with van der Waals surface area (Å²) in [5, 5.41) is 13.0. The maximum absolute atomic E-state index is 12.4. The molecule has 2 aromatic rings. The lowest BCUT2D eigenvalue weighted by Crippen LogP contribution is -2.51. The molecule has 1 fully saturated rings. The predicted octanol–water partition coefficient (Wildman–Crippen LogP) is 1.46. The van der Waals surface area contributed by atoms with Gasteiger partial charge < -0.3 is 14.8 Å². The summed E-state index contributed by atoms with van der Waals surface area (Å²) in [4.78, 5) is 18.0. The van der Waals surface area contributed by atoms with Crippen molar-refractivity contribution in [1.29, 1.82) is 0 Å². The molecular weight excluding hydrogens is 312 g/mol. The number of aromatic nitrogens is 3. The number of rotatable bonds is 4. The van der Waals surface area contributed by atoms with E-state index in [1.807, 2.05) is 23.4 Å². The summed E-state index contributed by atoms with van der Waals surface area (Å²) in [6.45, 7) is 6.22. The molecule has 0 unspecified atom stereocenters. The second-order valence-corrected chi connectivity index (χ2v) is 6.85. The maximum Gasteiger partial charge on any atom is 0.318 e. The Hall–Kier alpha value is -1.93. The smallest absolute Gasteiger partial charge is 0.318 e. The second-order valence-electron chi connectivity index (χ2n) is 5.81. The Morgan fingerprint density at radius 1 is 1.39 bits per heavy atom. The summed E-state index contributed by atoms with van der Waals surface area (Å²) >= 11 is 1.78. The van der Waals surface area contributed by atoms with E-state index in [4.69, 9.17) is 0 Å². The van der Waals surface area contributed by atoms with E-state index in [9.17, 15) is 4.79 Å². The van der Waals surface area contributed by atoms with Crippen molar-refractivity contribution >= 4 is 17.4 Å². The number of carbonyl (C=O) groups is 1. The van der Waals surface area contributed by atoms with E-state index < -0.39 is 0 Å². The zero-order valence-electron chi connectivity index (χ0n) is 13.5. The molecule has 0 saturated carbocycles. The summed E-state index contributed by atoms with van der Waals surface area (Å²) in [6.07, 6.45) is 1.64. The molecule has 0 spiro atoms. The molecule has 2 aromatic heterocycles. The van der Waals surface area contributed by atoms with Crippen molar-refractivity contribution in [1.82, 2.24) is 29.9 Å². The number of hydrogen-bond donors (Lipinski definition) is 1. The highest BCUT2D eigenvalue weighted by molar-refractivity contribution is 7.09. The number of thiophene rings is 1. The van der Waals surface area contributed by atoms with E-state index in [2.05, 4.69) is 37.9 Å². The van der Waals surface area contributed by atoms with Crippen molar-refractivity contribution in [3.8, 4) is 0 Å². The van der Waals surface area contributed by atoms with E-state index in [0.717, 1.165) is 38.5 Å². The van der Waals surface area contributed by atoms with Crippen molar-refractivity contribution in [3.05, 3.63) is 34.5 Å². The van der Waals surface area contributed by atoms with Gasteiger partial charge in [0.05, 0.1) is 6.04 Å². The third-order valence-electron chi connectivity index (χ3n) is 4.09. The first-order valence-electron chi connectivity index (χ1n) is 7.77. The Morgan fingerprint density at radius 3 is 2.78 bits per heavy atom. The number of nitrogens with one attached hydrogen (secondary N) is 1. The number of carbonyl (C=O) groups excluding carboxylic acids is 1. The van der Waals surface area contributed by atoms with Gasteiger partial charge >= 0.3 is 6.03 Å². The molecular formula is C15H22N6OS. The van der Waals surface area contributed by atoms with Crippen LogP contribution in [0.25, 0.3) is 0 Å². The van der Waals surface area contributed by atoms with Gasteiger partial charge in [-0.2, -0.15) is 0 Å². The van der Waals surface area contributed by atoms with Crippen LogP contribution in [0, 0.1) is 0 Å². The SMILES string of the molecule is C[C@H](NC(=O)N1CCN(Cc2cccs2)CC1)c1nncn1C. The molecule has 3 rings (SSSR count). The summed E-state index contributed by atoms with van der Waals surface area (Å²) in [5.74, 6) is 0.759. The van der Waals surface area contributed by atoms with Crippen LogP contribution in [0.15, 0.2) is 23.8 Å². The Kier molecular flexibility index (Phi) is 4.92. The third kappa shape index (κ3) is 3.89. The number of amides is 2. The molecule has 2 amide bonds. The lowest BCUT2D eigenvalue weighted by atomic mass is 10.3. The van der Waals surface area contributed by atoms with Gasteiger partial charge in [-0.1, -0.05) is 6.07 Å². The van der Waals surface area contributed by atoms with Crippen molar-refractivity contribution < 1.29 is 4.79 Å². The average Bonchev–Trinajstić information content (AvgIpc) is 3.19. The maximum atomic E-state index is 12.4. The van der Waals surface area contributed by atoms with Crippen LogP contribution in [0.5, 0.6) is 0 Å². The molecule has 0 aliphatic carbocycles. The minimum atomic E-state index is -0.154. The summed E-state index contributed by atoms with van der Waals surface area (Å²) < 4.78 is 1.82. The Balaban J connectivity index is 1.47. The Bertz CT molecular complexity index is 632. The summed E-state index contributed by atoms with van der Waals surface area (Å²) in [5.41, 5.74) is 0. The molecule has 0 radical (unpaired) electrons. The lowest BCUT2D eigenvalue weighted by molar-refractivity contribution is 0.134. The monoisotopic (exact) mass is 334 g/mol. The van der Waals surface area contributed by atoms with Gasteiger partial charge in [-0.05, 0) is 18.4 Å². The third-order valence-corrected chi connectivity index (χ3v) is 4.95. The summed E-state index contributed by atoms with van der Waals surface area (Å²) in [6, 6.07) is 4.06. The van der Waals surface area contributed by atoms with E-state index in [-0.39, 0.29) is 12.1 Å². The van der Waals surface area contributed by atoms with Crippen LogP contribution in [0.3, 0.4) is 0 Å². The van der Waals surface area contributed by atoms with Gasteiger partial charge in [-0.15, -0.1) is 21.5 Å². The van der Waals surface area contributed by atoms with Crippen LogP contribution in [-0.4, -0.2) is 56.8 Å². The number of hydrogen-bond acceptors (Lipinski definition) is 5. The first kappa shape index (κ1) is 15.9. The quantitative estimate of drug-likeness (QED) is 0.919. The first-order valence-corrected chi connectivity index (χ1v) is 8.65. The fraction of sp³-hybridized carbons (Fsp3) is 0.533. The normalized spacial score (nSPS) is 17.2. The molecule has 1 saturated heterocycles. The molecule has 1 atom stereocenters. The topological polar surface area (TPSA) is 66.3 Å². The Morgan fingerprint density at radius 2 is 2.17 bits per heavy atom.